The molecule has 0 unspecified atom stereocenters. The second kappa shape index (κ2) is 3.68. The lowest BCUT2D eigenvalue weighted by Crippen LogP contribution is -1.98. The van der Waals surface area contributed by atoms with Gasteiger partial charge >= 0.3 is 0 Å². The Bertz CT molecular complexity index is 485. The van der Waals surface area contributed by atoms with E-state index in [2.05, 4.69) is 0 Å². The molecule has 0 atom stereocenters. The summed E-state index contributed by atoms with van der Waals surface area (Å²) in [5.41, 5.74) is 0.329. The lowest BCUT2D eigenvalue weighted by Gasteiger charge is -2.02. The van der Waals surface area contributed by atoms with Crippen LogP contribution < -0.4 is 0 Å². The molecule has 74 valence electrons. The van der Waals surface area contributed by atoms with Crippen molar-refractivity contribution in [2.75, 3.05) is 6.26 Å². The molecule has 1 N–H and O–H groups in total. The van der Waals surface area contributed by atoms with Gasteiger partial charge in [0.05, 0.1) is 17.4 Å². The fourth-order valence-corrected chi connectivity index (χ4v) is 1.69. The molecule has 0 amide bonds. The van der Waals surface area contributed by atoms with Crippen LogP contribution in [0, 0.1) is 11.3 Å². The highest BCUT2D eigenvalue weighted by atomic mass is 32.2. The molecule has 14 heavy (non-hydrogen) atoms. The maximum atomic E-state index is 11.1. The van der Waals surface area contributed by atoms with E-state index in [0.29, 0.717) is 5.56 Å². The lowest BCUT2D eigenvalue weighted by atomic mass is 10.1. The van der Waals surface area contributed by atoms with Crippen LogP contribution in [0.2, 0.25) is 0 Å². The number of benzene rings is 1. The average Bonchev–Trinajstić information content (AvgIpc) is 2.07. The summed E-state index contributed by atoms with van der Waals surface area (Å²) in [4.78, 5) is 0.112. The first-order chi connectivity index (χ1) is 6.45. The summed E-state index contributed by atoms with van der Waals surface area (Å²) in [6.07, 6.45) is 1.07. The van der Waals surface area contributed by atoms with Gasteiger partial charge in [0, 0.05) is 11.8 Å². The minimum atomic E-state index is -3.28. The molecule has 0 aliphatic rings. The minimum absolute atomic E-state index is 0.00477. The van der Waals surface area contributed by atoms with E-state index in [0.717, 1.165) is 6.26 Å². The Morgan fingerprint density at radius 2 is 2.14 bits per heavy atom. The summed E-state index contributed by atoms with van der Waals surface area (Å²) in [6.45, 7) is 0. The summed E-state index contributed by atoms with van der Waals surface area (Å²) in [6, 6.07) is 5.75. The number of nitrogens with zero attached hydrogens (tertiary/aromatic N) is 1. The largest absolute Gasteiger partial charge is 0.508 e. The number of rotatable bonds is 2. The Hall–Kier alpha value is -1.54. The van der Waals surface area contributed by atoms with Crippen LogP contribution in [0.4, 0.5) is 0 Å². The zero-order chi connectivity index (χ0) is 10.8. The van der Waals surface area contributed by atoms with E-state index in [4.69, 9.17) is 5.26 Å². The molecule has 1 aromatic rings. The van der Waals surface area contributed by atoms with Gasteiger partial charge in [0.1, 0.15) is 5.75 Å². The van der Waals surface area contributed by atoms with Crippen LogP contribution in [0.5, 0.6) is 5.75 Å². The number of nitriles is 1. The molecule has 0 aliphatic carbocycles. The van der Waals surface area contributed by atoms with Gasteiger partial charge in [-0.3, -0.25) is 0 Å². The van der Waals surface area contributed by atoms with Crippen LogP contribution in [-0.4, -0.2) is 19.8 Å². The van der Waals surface area contributed by atoms with Gasteiger partial charge < -0.3 is 5.11 Å². The van der Waals surface area contributed by atoms with E-state index in [1.54, 1.807) is 0 Å². The van der Waals surface area contributed by atoms with E-state index in [1.165, 1.54) is 18.2 Å². The van der Waals surface area contributed by atoms with Crippen LogP contribution in [-0.2, 0) is 16.3 Å². The zero-order valence-electron chi connectivity index (χ0n) is 7.56. The predicted octanol–water partition coefficient (Wildman–Crippen LogP) is 0.862. The van der Waals surface area contributed by atoms with Gasteiger partial charge in [0.15, 0.2) is 9.84 Å². The Morgan fingerprint density at radius 3 is 2.64 bits per heavy atom. The molecule has 4 nitrogen and oxygen atoms in total. The molecule has 1 rings (SSSR count). The van der Waals surface area contributed by atoms with Crippen LogP contribution in [0.1, 0.15) is 5.56 Å². The van der Waals surface area contributed by atoms with Gasteiger partial charge in [0.2, 0.25) is 0 Å². The fraction of sp³-hybridized carbons (Fsp3) is 0.222. The van der Waals surface area contributed by atoms with Crippen molar-refractivity contribution in [2.24, 2.45) is 0 Å². The highest BCUT2D eigenvalue weighted by Crippen LogP contribution is 2.21. The van der Waals surface area contributed by atoms with Crippen LogP contribution in [0.3, 0.4) is 0 Å². The second-order valence-corrected chi connectivity index (χ2v) is 4.91. The van der Waals surface area contributed by atoms with Crippen LogP contribution >= 0.6 is 0 Å². The maximum absolute atomic E-state index is 11.1. The Balaban J connectivity index is 3.28. The molecular weight excluding hydrogens is 202 g/mol. The van der Waals surface area contributed by atoms with Gasteiger partial charge in [-0.1, -0.05) is 0 Å². The van der Waals surface area contributed by atoms with Gasteiger partial charge in [-0.25, -0.2) is 8.42 Å². The van der Waals surface area contributed by atoms with E-state index in [9.17, 15) is 13.5 Å². The monoisotopic (exact) mass is 211 g/mol. The summed E-state index contributed by atoms with van der Waals surface area (Å²) < 4.78 is 22.3. The van der Waals surface area contributed by atoms with E-state index < -0.39 is 9.84 Å². The Morgan fingerprint density at radius 1 is 1.50 bits per heavy atom. The number of sulfone groups is 1. The molecule has 0 aromatic heterocycles. The molecular formula is C9H9NO3S. The van der Waals surface area contributed by atoms with Crippen molar-refractivity contribution in [2.45, 2.75) is 11.3 Å². The molecule has 1 aromatic carbocycles. The number of hydrogen-bond donors (Lipinski definition) is 1. The summed E-state index contributed by atoms with van der Waals surface area (Å²) in [5.74, 6) is -0.0565. The zero-order valence-corrected chi connectivity index (χ0v) is 8.37. The molecule has 0 bridgehead atoms. The smallest absolute Gasteiger partial charge is 0.175 e. The minimum Gasteiger partial charge on any atom is -0.508 e. The van der Waals surface area contributed by atoms with Crippen molar-refractivity contribution in [3.63, 3.8) is 0 Å². The molecule has 0 spiro atoms. The summed E-state index contributed by atoms with van der Waals surface area (Å²) >= 11 is 0. The number of phenols is 1. The molecule has 0 saturated carbocycles. The van der Waals surface area contributed by atoms with Crippen molar-refractivity contribution in [1.82, 2.24) is 0 Å². The molecule has 0 fully saturated rings. The van der Waals surface area contributed by atoms with Crippen molar-refractivity contribution >= 4 is 9.84 Å². The van der Waals surface area contributed by atoms with Gasteiger partial charge in [0.25, 0.3) is 0 Å². The highest BCUT2D eigenvalue weighted by Gasteiger charge is 2.09. The predicted molar refractivity (Wildman–Crippen MR) is 50.5 cm³/mol. The van der Waals surface area contributed by atoms with E-state index in [-0.39, 0.29) is 17.1 Å². The summed E-state index contributed by atoms with van der Waals surface area (Å²) in [7, 11) is -3.28. The normalized spacial score (nSPS) is 10.9. The third-order valence-corrected chi connectivity index (χ3v) is 2.86. The van der Waals surface area contributed by atoms with Crippen LogP contribution in [0.25, 0.3) is 0 Å². The Labute approximate surface area is 82.3 Å². The van der Waals surface area contributed by atoms with Gasteiger partial charge in [-0.15, -0.1) is 0 Å². The standard InChI is InChI=1S/C9H9NO3S/c1-14(12,13)8-2-3-9(11)7(6-8)4-5-10/h2-3,6,11H,4H2,1H3. The molecule has 0 aliphatic heterocycles. The number of aromatic hydroxyl groups is 1. The quantitative estimate of drug-likeness (QED) is 0.787. The number of hydrogen-bond acceptors (Lipinski definition) is 4. The van der Waals surface area contributed by atoms with Gasteiger partial charge in [-0.05, 0) is 18.2 Å². The van der Waals surface area contributed by atoms with Crippen molar-refractivity contribution in [3.8, 4) is 11.8 Å². The average molecular weight is 211 g/mol. The third-order valence-electron chi connectivity index (χ3n) is 1.75. The third kappa shape index (κ3) is 2.24. The SMILES string of the molecule is CS(=O)(=O)c1ccc(O)c(CC#N)c1. The Kier molecular flexibility index (Phi) is 2.77. The first-order valence-corrected chi connectivity index (χ1v) is 5.73. The molecule has 0 saturated heterocycles. The molecule has 0 radical (unpaired) electrons. The highest BCUT2D eigenvalue weighted by molar-refractivity contribution is 7.90. The van der Waals surface area contributed by atoms with Crippen molar-refractivity contribution in [3.05, 3.63) is 23.8 Å². The van der Waals surface area contributed by atoms with Crippen molar-refractivity contribution in [1.29, 1.82) is 5.26 Å². The van der Waals surface area contributed by atoms with E-state index in [1.807, 2.05) is 6.07 Å². The fourth-order valence-electron chi connectivity index (χ4n) is 1.02. The summed E-state index contributed by atoms with van der Waals surface area (Å²) in [5, 5.41) is 17.7. The second-order valence-electron chi connectivity index (χ2n) is 2.90. The topological polar surface area (TPSA) is 78.2 Å². The lowest BCUT2D eigenvalue weighted by molar-refractivity contribution is 0.469. The van der Waals surface area contributed by atoms with Crippen molar-refractivity contribution < 1.29 is 13.5 Å². The molecule has 5 heteroatoms. The van der Waals surface area contributed by atoms with Gasteiger partial charge in [-0.2, -0.15) is 5.26 Å². The first kappa shape index (κ1) is 10.5. The number of phenolic OH excluding ortho intramolecular Hbond substituents is 1. The van der Waals surface area contributed by atoms with E-state index >= 15 is 0 Å². The van der Waals surface area contributed by atoms with Crippen LogP contribution in [0.15, 0.2) is 23.1 Å². The first-order valence-electron chi connectivity index (χ1n) is 3.84. The molecule has 0 heterocycles. The maximum Gasteiger partial charge on any atom is 0.175 e.